The number of nitrogens with one attached hydrogen (secondary N) is 2. The number of para-hydroxylation sites is 1. The van der Waals surface area contributed by atoms with E-state index in [9.17, 15) is 9.59 Å². The zero-order chi connectivity index (χ0) is 15.4. The summed E-state index contributed by atoms with van der Waals surface area (Å²) in [5, 5.41) is 14.3. The summed E-state index contributed by atoms with van der Waals surface area (Å²) in [6, 6.07) is 11.3. The minimum absolute atomic E-state index is 0.122. The van der Waals surface area contributed by atoms with Gasteiger partial charge < -0.3 is 15.7 Å². The molecular formula is C15H13BrN2O3. The predicted molar refractivity (Wildman–Crippen MR) is 84.9 cm³/mol. The standard InChI is InChI=1S/C15H13BrN2O3/c1-9-6-7-10(14(19)20)8-13(9)18-15(21)17-12-5-3-2-4-11(12)16/h2-8H,1H3,(H,19,20)(H2,17,18,21). The average molecular weight is 349 g/mol. The van der Waals surface area contributed by atoms with Crippen LogP contribution >= 0.6 is 15.9 Å². The van der Waals surface area contributed by atoms with Crippen LogP contribution in [0.15, 0.2) is 46.9 Å². The number of amides is 2. The molecule has 2 aromatic rings. The molecule has 5 nitrogen and oxygen atoms in total. The summed E-state index contributed by atoms with van der Waals surface area (Å²) in [7, 11) is 0. The van der Waals surface area contributed by atoms with Crippen molar-refractivity contribution >= 4 is 39.3 Å². The maximum Gasteiger partial charge on any atom is 0.335 e. The highest BCUT2D eigenvalue weighted by Crippen LogP contribution is 2.22. The van der Waals surface area contributed by atoms with E-state index in [4.69, 9.17) is 5.11 Å². The first kappa shape index (κ1) is 15.1. The minimum Gasteiger partial charge on any atom is -0.478 e. The molecule has 0 saturated heterocycles. The van der Waals surface area contributed by atoms with Gasteiger partial charge in [0.05, 0.1) is 11.3 Å². The SMILES string of the molecule is Cc1ccc(C(=O)O)cc1NC(=O)Nc1ccccc1Br. The second kappa shape index (κ2) is 6.41. The summed E-state index contributed by atoms with van der Waals surface area (Å²) in [6.45, 7) is 1.79. The summed E-state index contributed by atoms with van der Waals surface area (Å²) in [5.74, 6) is -1.04. The van der Waals surface area contributed by atoms with Gasteiger partial charge in [-0.1, -0.05) is 18.2 Å². The highest BCUT2D eigenvalue weighted by Gasteiger charge is 2.10. The molecule has 108 valence electrons. The Morgan fingerprint density at radius 1 is 1.05 bits per heavy atom. The molecule has 0 radical (unpaired) electrons. The number of aryl methyl sites for hydroxylation is 1. The number of hydrogen-bond acceptors (Lipinski definition) is 2. The van der Waals surface area contributed by atoms with Crippen LogP contribution in [0.4, 0.5) is 16.2 Å². The van der Waals surface area contributed by atoms with Crippen LogP contribution in [0.2, 0.25) is 0 Å². The van der Waals surface area contributed by atoms with Gasteiger partial charge in [0.25, 0.3) is 0 Å². The van der Waals surface area contributed by atoms with Gasteiger partial charge in [0.2, 0.25) is 0 Å². The highest BCUT2D eigenvalue weighted by atomic mass is 79.9. The number of hydrogen-bond donors (Lipinski definition) is 3. The molecule has 0 aromatic heterocycles. The molecule has 0 spiro atoms. The number of anilines is 2. The Balaban J connectivity index is 2.15. The molecular weight excluding hydrogens is 336 g/mol. The maximum atomic E-state index is 12.0. The fourth-order valence-corrected chi connectivity index (χ4v) is 2.11. The van der Waals surface area contributed by atoms with Crippen LogP contribution in [0.5, 0.6) is 0 Å². The van der Waals surface area contributed by atoms with Crippen molar-refractivity contribution in [2.45, 2.75) is 6.92 Å². The monoisotopic (exact) mass is 348 g/mol. The largest absolute Gasteiger partial charge is 0.478 e. The Labute approximate surface area is 130 Å². The number of carboxylic acid groups (broad SMARTS) is 1. The molecule has 0 atom stereocenters. The zero-order valence-electron chi connectivity index (χ0n) is 11.2. The molecule has 0 bridgehead atoms. The van der Waals surface area contributed by atoms with E-state index in [-0.39, 0.29) is 5.56 Å². The molecule has 2 amide bonds. The molecule has 0 aliphatic heterocycles. The van der Waals surface area contributed by atoms with Crippen LogP contribution in [-0.2, 0) is 0 Å². The van der Waals surface area contributed by atoms with E-state index in [0.717, 1.165) is 10.0 Å². The first-order chi connectivity index (χ1) is 9.97. The van der Waals surface area contributed by atoms with Crippen LogP contribution in [0.25, 0.3) is 0 Å². The third-order valence-electron chi connectivity index (χ3n) is 2.85. The van der Waals surface area contributed by atoms with Gasteiger partial charge in [-0.25, -0.2) is 9.59 Å². The van der Waals surface area contributed by atoms with Gasteiger partial charge in [0.15, 0.2) is 0 Å². The number of rotatable bonds is 3. The molecule has 2 rings (SSSR count). The molecule has 0 aliphatic rings. The molecule has 0 aliphatic carbocycles. The van der Waals surface area contributed by atoms with Crippen molar-refractivity contribution in [3.8, 4) is 0 Å². The molecule has 0 fully saturated rings. The van der Waals surface area contributed by atoms with Crippen molar-refractivity contribution in [3.05, 3.63) is 58.1 Å². The summed E-state index contributed by atoms with van der Waals surface area (Å²) < 4.78 is 0.760. The van der Waals surface area contributed by atoms with Crippen molar-refractivity contribution in [2.24, 2.45) is 0 Å². The van der Waals surface area contributed by atoms with E-state index < -0.39 is 12.0 Å². The fraction of sp³-hybridized carbons (Fsp3) is 0.0667. The average Bonchev–Trinajstić information content (AvgIpc) is 2.43. The number of aromatic carboxylic acids is 1. The second-order valence-corrected chi connectivity index (χ2v) is 5.25. The Bertz CT molecular complexity index is 701. The summed E-state index contributed by atoms with van der Waals surface area (Å²) in [4.78, 5) is 22.9. The van der Waals surface area contributed by atoms with Crippen molar-refractivity contribution in [1.82, 2.24) is 0 Å². The zero-order valence-corrected chi connectivity index (χ0v) is 12.8. The maximum absolute atomic E-state index is 12.0. The van der Waals surface area contributed by atoms with E-state index in [1.807, 2.05) is 12.1 Å². The number of halogens is 1. The fourth-order valence-electron chi connectivity index (χ4n) is 1.73. The van der Waals surface area contributed by atoms with Crippen LogP contribution < -0.4 is 10.6 Å². The molecule has 21 heavy (non-hydrogen) atoms. The summed E-state index contributed by atoms with van der Waals surface area (Å²) in [5.41, 5.74) is 1.99. The van der Waals surface area contributed by atoms with E-state index in [1.54, 1.807) is 25.1 Å². The smallest absolute Gasteiger partial charge is 0.335 e. The van der Waals surface area contributed by atoms with Gasteiger partial charge in [-0.15, -0.1) is 0 Å². The Morgan fingerprint density at radius 3 is 2.38 bits per heavy atom. The molecule has 0 unspecified atom stereocenters. The van der Waals surface area contributed by atoms with Crippen molar-refractivity contribution < 1.29 is 14.7 Å². The Kier molecular flexibility index (Phi) is 4.59. The van der Waals surface area contributed by atoms with Gasteiger partial charge in [0.1, 0.15) is 0 Å². The lowest BCUT2D eigenvalue weighted by atomic mass is 10.1. The van der Waals surface area contributed by atoms with Gasteiger partial charge in [0, 0.05) is 10.2 Å². The third-order valence-corrected chi connectivity index (χ3v) is 3.55. The summed E-state index contributed by atoms with van der Waals surface area (Å²) >= 11 is 3.34. The lowest BCUT2D eigenvalue weighted by molar-refractivity contribution is 0.0697. The number of carbonyl (C=O) groups excluding carboxylic acids is 1. The molecule has 6 heteroatoms. The van der Waals surface area contributed by atoms with E-state index in [2.05, 4.69) is 26.6 Å². The summed E-state index contributed by atoms with van der Waals surface area (Å²) in [6.07, 6.45) is 0. The van der Waals surface area contributed by atoms with E-state index in [0.29, 0.717) is 11.4 Å². The Morgan fingerprint density at radius 2 is 1.71 bits per heavy atom. The number of carbonyl (C=O) groups is 2. The first-order valence-electron chi connectivity index (χ1n) is 6.14. The first-order valence-corrected chi connectivity index (χ1v) is 6.93. The molecule has 3 N–H and O–H groups in total. The van der Waals surface area contributed by atoms with Gasteiger partial charge in [-0.3, -0.25) is 0 Å². The third kappa shape index (κ3) is 3.82. The van der Waals surface area contributed by atoms with Gasteiger partial charge >= 0.3 is 12.0 Å². The topological polar surface area (TPSA) is 78.4 Å². The quantitative estimate of drug-likeness (QED) is 0.781. The van der Waals surface area contributed by atoms with Crippen LogP contribution in [0.3, 0.4) is 0 Å². The van der Waals surface area contributed by atoms with Crippen molar-refractivity contribution in [3.63, 3.8) is 0 Å². The normalized spacial score (nSPS) is 10.0. The van der Waals surface area contributed by atoms with Crippen molar-refractivity contribution in [2.75, 3.05) is 10.6 Å². The van der Waals surface area contributed by atoms with Crippen LogP contribution in [0.1, 0.15) is 15.9 Å². The van der Waals surface area contributed by atoms with Crippen molar-refractivity contribution in [1.29, 1.82) is 0 Å². The number of carboxylic acids is 1. The highest BCUT2D eigenvalue weighted by molar-refractivity contribution is 9.10. The van der Waals surface area contributed by atoms with Crippen LogP contribution in [-0.4, -0.2) is 17.1 Å². The lowest BCUT2D eigenvalue weighted by Gasteiger charge is -2.11. The van der Waals surface area contributed by atoms with E-state index >= 15 is 0 Å². The molecule has 0 heterocycles. The van der Waals surface area contributed by atoms with Crippen LogP contribution in [0, 0.1) is 6.92 Å². The van der Waals surface area contributed by atoms with E-state index in [1.165, 1.54) is 12.1 Å². The minimum atomic E-state index is -1.04. The second-order valence-electron chi connectivity index (χ2n) is 4.39. The number of urea groups is 1. The number of benzene rings is 2. The predicted octanol–water partition coefficient (Wildman–Crippen LogP) is 4.10. The Hall–Kier alpha value is -2.34. The molecule has 2 aromatic carbocycles. The lowest BCUT2D eigenvalue weighted by Crippen LogP contribution is -2.20. The van der Waals surface area contributed by atoms with Gasteiger partial charge in [-0.05, 0) is 52.7 Å². The van der Waals surface area contributed by atoms with Gasteiger partial charge in [-0.2, -0.15) is 0 Å². The molecule has 0 saturated carbocycles.